The van der Waals surface area contributed by atoms with E-state index in [9.17, 15) is 5.11 Å². The van der Waals surface area contributed by atoms with Crippen LogP contribution < -0.4 is 4.90 Å². The average molecular weight is 201 g/mol. The van der Waals surface area contributed by atoms with Crippen LogP contribution in [0.3, 0.4) is 0 Å². The second-order valence-electron chi connectivity index (χ2n) is 3.45. The van der Waals surface area contributed by atoms with Crippen LogP contribution in [0.5, 0.6) is 0 Å². The molecule has 72 valence electrons. The molecule has 0 unspecified atom stereocenters. The zero-order valence-corrected chi connectivity index (χ0v) is 8.67. The van der Waals surface area contributed by atoms with E-state index < -0.39 is 6.10 Å². The number of likely N-dealkylation sites (N-methyl/N-ethyl adjacent to an activating group) is 1. The number of aliphatic hydroxyl groups excluding tert-OH is 1. The topological polar surface area (TPSA) is 24.7 Å². The standard InChI is InChI=1S/C10H14ClNO/c1-12(2)7-10(13)8-5-3-4-6-9(8)11/h3-6,10,13H,7H2,1-2H3/p+1/t10-/m1/s1. The van der Waals surface area contributed by atoms with E-state index in [-0.39, 0.29) is 0 Å². The van der Waals surface area contributed by atoms with Crippen LogP contribution >= 0.6 is 11.6 Å². The smallest absolute Gasteiger partial charge is 0.129 e. The van der Waals surface area contributed by atoms with E-state index in [1.165, 1.54) is 4.90 Å². The molecule has 1 aromatic rings. The van der Waals surface area contributed by atoms with Crippen molar-refractivity contribution in [2.75, 3.05) is 20.6 Å². The molecule has 1 aromatic carbocycles. The summed E-state index contributed by atoms with van der Waals surface area (Å²) in [6, 6.07) is 7.40. The third kappa shape index (κ3) is 2.99. The Morgan fingerprint density at radius 2 is 2.00 bits per heavy atom. The first-order chi connectivity index (χ1) is 6.11. The molecular formula is C10H15ClNO+. The summed E-state index contributed by atoms with van der Waals surface area (Å²) in [6.45, 7) is 0.670. The summed E-state index contributed by atoms with van der Waals surface area (Å²) in [5, 5.41) is 10.4. The third-order valence-electron chi connectivity index (χ3n) is 1.87. The van der Waals surface area contributed by atoms with E-state index >= 15 is 0 Å². The van der Waals surface area contributed by atoms with Crippen LogP contribution in [0.15, 0.2) is 24.3 Å². The average Bonchev–Trinajstić information content (AvgIpc) is 2.03. The summed E-state index contributed by atoms with van der Waals surface area (Å²) in [7, 11) is 4.00. The zero-order valence-electron chi connectivity index (χ0n) is 7.92. The normalized spacial score (nSPS) is 13.3. The minimum atomic E-state index is -0.473. The van der Waals surface area contributed by atoms with Crippen LogP contribution in [0.4, 0.5) is 0 Å². The van der Waals surface area contributed by atoms with Crippen molar-refractivity contribution in [3.63, 3.8) is 0 Å². The van der Waals surface area contributed by atoms with E-state index in [4.69, 9.17) is 11.6 Å². The van der Waals surface area contributed by atoms with Gasteiger partial charge in [-0.3, -0.25) is 0 Å². The highest BCUT2D eigenvalue weighted by molar-refractivity contribution is 6.31. The highest BCUT2D eigenvalue weighted by Gasteiger charge is 2.13. The van der Waals surface area contributed by atoms with Crippen molar-refractivity contribution in [3.8, 4) is 0 Å². The molecule has 0 aliphatic rings. The maximum Gasteiger partial charge on any atom is 0.129 e. The monoisotopic (exact) mass is 200 g/mol. The molecule has 0 heterocycles. The molecule has 0 aliphatic heterocycles. The molecule has 3 heteroatoms. The Morgan fingerprint density at radius 1 is 1.38 bits per heavy atom. The highest BCUT2D eigenvalue weighted by atomic mass is 35.5. The van der Waals surface area contributed by atoms with Crippen LogP contribution in [0.25, 0.3) is 0 Å². The van der Waals surface area contributed by atoms with Gasteiger partial charge in [0.2, 0.25) is 0 Å². The first-order valence-corrected chi connectivity index (χ1v) is 4.70. The number of nitrogens with one attached hydrogen (secondary N) is 1. The van der Waals surface area contributed by atoms with Gasteiger partial charge in [-0.1, -0.05) is 29.8 Å². The predicted octanol–water partition coefficient (Wildman–Crippen LogP) is 0.518. The van der Waals surface area contributed by atoms with Gasteiger partial charge in [0.15, 0.2) is 0 Å². The van der Waals surface area contributed by atoms with Crippen molar-refractivity contribution in [1.82, 2.24) is 0 Å². The number of rotatable bonds is 3. The maximum atomic E-state index is 9.77. The molecule has 1 atom stereocenters. The lowest BCUT2D eigenvalue weighted by Gasteiger charge is -2.14. The number of halogens is 1. The Kier molecular flexibility index (Phi) is 3.72. The molecule has 0 aromatic heterocycles. The van der Waals surface area contributed by atoms with Crippen molar-refractivity contribution in [3.05, 3.63) is 34.9 Å². The largest absolute Gasteiger partial charge is 0.382 e. The molecule has 1 rings (SSSR count). The van der Waals surface area contributed by atoms with Crippen LogP contribution in [0, 0.1) is 0 Å². The van der Waals surface area contributed by atoms with E-state index in [2.05, 4.69) is 0 Å². The summed E-state index contributed by atoms with van der Waals surface area (Å²) < 4.78 is 0. The molecule has 0 radical (unpaired) electrons. The van der Waals surface area contributed by atoms with Gasteiger partial charge < -0.3 is 10.0 Å². The van der Waals surface area contributed by atoms with Crippen molar-refractivity contribution < 1.29 is 10.0 Å². The van der Waals surface area contributed by atoms with Gasteiger partial charge in [0.1, 0.15) is 12.6 Å². The van der Waals surface area contributed by atoms with Gasteiger partial charge >= 0.3 is 0 Å². The number of hydrogen-bond donors (Lipinski definition) is 2. The first kappa shape index (κ1) is 10.5. The summed E-state index contributed by atoms with van der Waals surface area (Å²) in [5.41, 5.74) is 0.811. The number of aliphatic hydroxyl groups is 1. The van der Waals surface area contributed by atoms with Crippen LogP contribution in [0.1, 0.15) is 11.7 Å². The quantitative estimate of drug-likeness (QED) is 0.731. The summed E-state index contributed by atoms with van der Waals surface area (Å²) in [5.74, 6) is 0. The molecule has 0 amide bonds. The summed E-state index contributed by atoms with van der Waals surface area (Å²) >= 11 is 5.93. The van der Waals surface area contributed by atoms with E-state index in [0.717, 1.165) is 5.56 Å². The van der Waals surface area contributed by atoms with Crippen molar-refractivity contribution >= 4 is 11.6 Å². The van der Waals surface area contributed by atoms with Crippen molar-refractivity contribution in [2.24, 2.45) is 0 Å². The summed E-state index contributed by atoms with van der Waals surface area (Å²) in [4.78, 5) is 1.20. The minimum Gasteiger partial charge on any atom is -0.382 e. The molecular weight excluding hydrogens is 186 g/mol. The van der Waals surface area contributed by atoms with Crippen LogP contribution in [0.2, 0.25) is 5.02 Å². The molecule has 0 aliphatic carbocycles. The SMILES string of the molecule is C[NH+](C)C[C@@H](O)c1ccccc1Cl. The second-order valence-corrected chi connectivity index (χ2v) is 3.86. The zero-order chi connectivity index (χ0) is 9.84. The molecule has 0 saturated carbocycles. The van der Waals surface area contributed by atoms with Gasteiger partial charge in [0.25, 0.3) is 0 Å². The molecule has 0 bridgehead atoms. The van der Waals surface area contributed by atoms with Gasteiger partial charge in [-0.05, 0) is 6.07 Å². The van der Waals surface area contributed by atoms with Crippen LogP contribution in [-0.2, 0) is 0 Å². The fourth-order valence-electron chi connectivity index (χ4n) is 1.24. The molecule has 0 saturated heterocycles. The third-order valence-corrected chi connectivity index (χ3v) is 2.21. The lowest BCUT2D eigenvalue weighted by molar-refractivity contribution is -0.862. The van der Waals surface area contributed by atoms with E-state index in [1.54, 1.807) is 6.07 Å². The van der Waals surface area contributed by atoms with Gasteiger partial charge in [-0.2, -0.15) is 0 Å². The van der Waals surface area contributed by atoms with Gasteiger partial charge in [-0.25, -0.2) is 0 Å². The maximum absolute atomic E-state index is 9.77. The Morgan fingerprint density at radius 3 is 2.54 bits per heavy atom. The Bertz CT molecular complexity index is 275. The highest BCUT2D eigenvalue weighted by Crippen LogP contribution is 2.21. The minimum absolute atomic E-state index is 0.473. The Labute approximate surface area is 83.7 Å². The summed E-state index contributed by atoms with van der Waals surface area (Å²) in [6.07, 6.45) is -0.473. The second kappa shape index (κ2) is 4.61. The fraction of sp³-hybridized carbons (Fsp3) is 0.400. The van der Waals surface area contributed by atoms with E-state index in [0.29, 0.717) is 11.6 Å². The molecule has 0 spiro atoms. The predicted molar refractivity (Wildman–Crippen MR) is 54.1 cm³/mol. The molecule has 13 heavy (non-hydrogen) atoms. The number of benzene rings is 1. The fourth-order valence-corrected chi connectivity index (χ4v) is 1.50. The number of hydrogen-bond acceptors (Lipinski definition) is 1. The Hall–Kier alpha value is -0.570. The van der Waals surface area contributed by atoms with E-state index in [1.807, 2.05) is 32.3 Å². The van der Waals surface area contributed by atoms with Crippen molar-refractivity contribution in [1.29, 1.82) is 0 Å². The van der Waals surface area contributed by atoms with Crippen molar-refractivity contribution in [2.45, 2.75) is 6.10 Å². The molecule has 2 nitrogen and oxygen atoms in total. The lowest BCUT2D eigenvalue weighted by atomic mass is 10.1. The molecule has 0 fully saturated rings. The number of quaternary nitrogens is 1. The molecule has 2 N–H and O–H groups in total. The lowest BCUT2D eigenvalue weighted by Crippen LogP contribution is -3.06. The first-order valence-electron chi connectivity index (χ1n) is 4.33. The van der Waals surface area contributed by atoms with Gasteiger partial charge in [0, 0.05) is 10.6 Å². The van der Waals surface area contributed by atoms with Gasteiger partial charge in [-0.15, -0.1) is 0 Å². The Balaban J connectivity index is 2.76. The van der Waals surface area contributed by atoms with Crippen LogP contribution in [-0.4, -0.2) is 25.7 Å². The van der Waals surface area contributed by atoms with Gasteiger partial charge in [0.05, 0.1) is 14.1 Å².